The Morgan fingerprint density at radius 3 is 2.20 bits per heavy atom. The van der Waals surface area contributed by atoms with E-state index in [0.29, 0.717) is 0 Å². The number of hydrogen-bond acceptors (Lipinski definition) is 3. The molecule has 0 saturated heterocycles. The summed E-state index contributed by atoms with van der Waals surface area (Å²) in [5.74, 6) is -0.464. The number of pyridine rings is 1. The number of sulfonamides is 1. The van der Waals surface area contributed by atoms with Gasteiger partial charge in [0.2, 0.25) is 10.0 Å². The number of hydrogen-bond donors (Lipinski definition) is 0. The van der Waals surface area contributed by atoms with Crippen LogP contribution in [0.4, 0.5) is 4.39 Å². The molecule has 0 amide bonds. The highest BCUT2D eigenvalue weighted by atomic mass is 32.2. The van der Waals surface area contributed by atoms with Crippen LogP contribution in [0.15, 0.2) is 53.7 Å². The molecule has 1 unspecified atom stereocenters. The van der Waals surface area contributed by atoms with Gasteiger partial charge in [-0.2, -0.15) is 4.31 Å². The van der Waals surface area contributed by atoms with Crippen molar-refractivity contribution in [2.45, 2.75) is 17.9 Å². The van der Waals surface area contributed by atoms with Gasteiger partial charge in [0.1, 0.15) is 5.82 Å². The topological polar surface area (TPSA) is 50.3 Å². The van der Waals surface area contributed by atoms with Gasteiger partial charge < -0.3 is 0 Å². The summed E-state index contributed by atoms with van der Waals surface area (Å²) in [6.45, 7) is 1.79. The molecule has 106 valence electrons. The van der Waals surface area contributed by atoms with Crippen LogP contribution in [0, 0.1) is 5.82 Å². The van der Waals surface area contributed by atoms with Crippen LogP contribution >= 0.6 is 0 Å². The first-order valence-electron chi connectivity index (χ1n) is 6.06. The fraction of sp³-hybridized carbons (Fsp3) is 0.214. The van der Waals surface area contributed by atoms with Crippen LogP contribution in [0.5, 0.6) is 0 Å². The largest absolute Gasteiger partial charge is 0.265 e. The quantitative estimate of drug-likeness (QED) is 0.871. The molecule has 0 N–H and O–H groups in total. The predicted octanol–water partition coefficient (Wildman–Crippen LogP) is 2.60. The maximum atomic E-state index is 12.9. The second kappa shape index (κ2) is 5.68. The average Bonchev–Trinajstić information content (AvgIpc) is 2.47. The lowest BCUT2D eigenvalue weighted by Gasteiger charge is -2.24. The van der Waals surface area contributed by atoms with E-state index in [4.69, 9.17) is 0 Å². The first kappa shape index (κ1) is 14.6. The summed E-state index contributed by atoms with van der Waals surface area (Å²) in [6, 6.07) is 7.99. The Morgan fingerprint density at radius 2 is 1.65 bits per heavy atom. The SMILES string of the molecule is CC(c1ccncc1)N(C)S(=O)(=O)c1ccc(F)cc1. The number of halogens is 1. The lowest BCUT2D eigenvalue weighted by Crippen LogP contribution is -2.29. The smallest absolute Gasteiger partial charge is 0.243 e. The van der Waals surface area contributed by atoms with Gasteiger partial charge in [0.15, 0.2) is 0 Å². The lowest BCUT2D eigenvalue weighted by molar-refractivity contribution is 0.398. The number of benzene rings is 1. The van der Waals surface area contributed by atoms with E-state index in [0.717, 1.165) is 17.7 Å². The summed E-state index contributed by atoms with van der Waals surface area (Å²) in [6.07, 6.45) is 3.23. The molecule has 6 heteroatoms. The Morgan fingerprint density at radius 1 is 1.10 bits per heavy atom. The van der Waals surface area contributed by atoms with Crippen LogP contribution < -0.4 is 0 Å². The molecule has 0 radical (unpaired) electrons. The second-order valence-corrected chi connectivity index (χ2v) is 6.43. The molecule has 0 aliphatic carbocycles. The third-order valence-electron chi connectivity index (χ3n) is 3.22. The maximum absolute atomic E-state index is 12.9. The normalized spacial score (nSPS) is 13.4. The van der Waals surface area contributed by atoms with Crippen molar-refractivity contribution >= 4 is 10.0 Å². The minimum Gasteiger partial charge on any atom is -0.265 e. The fourth-order valence-electron chi connectivity index (χ4n) is 1.83. The van der Waals surface area contributed by atoms with Gasteiger partial charge in [0.25, 0.3) is 0 Å². The average molecular weight is 294 g/mol. The molecule has 20 heavy (non-hydrogen) atoms. The van der Waals surface area contributed by atoms with E-state index in [9.17, 15) is 12.8 Å². The molecule has 1 aromatic heterocycles. The van der Waals surface area contributed by atoms with Crippen LogP contribution in [0.25, 0.3) is 0 Å². The standard InChI is InChI=1S/C14H15FN2O2S/c1-11(12-7-9-16-10-8-12)17(2)20(18,19)14-5-3-13(15)4-6-14/h3-11H,1-2H3. The highest BCUT2D eigenvalue weighted by Gasteiger charge is 2.26. The van der Waals surface area contributed by atoms with Crippen molar-refractivity contribution in [1.82, 2.24) is 9.29 Å². The molecular weight excluding hydrogens is 279 g/mol. The van der Waals surface area contributed by atoms with Gasteiger partial charge in [-0.3, -0.25) is 4.98 Å². The third kappa shape index (κ3) is 2.86. The molecule has 4 nitrogen and oxygen atoms in total. The first-order valence-corrected chi connectivity index (χ1v) is 7.50. The minimum atomic E-state index is -3.66. The van der Waals surface area contributed by atoms with Gasteiger partial charge in [-0.1, -0.05) is 0 Å². The summed E-state index contributed by atoms with van der Waals surface area (Å²) in [5.41, 5.74) is 0.841. The van der Waals surface area contributed by atoms with Crippen LogP contribution in [0.2, 0.25) is 0 Å². The van der Waals surface area contributed by atoms with Gasteiger partial charge in [0, 0.05) is 25.5 Å². The summed E-state index contributed by atoms with van der Waals surface area (Å²) in [7, 11) is -2.15. The summed E-state index contributed by atoms with van der Waals surface area (Å²) in [5, 5.41) is 0. The lowest BCUT2D eigenvalue weighted by atomic mass is 10.1. The summed E-state index contributed by atoms with van der Waals surface area (Å²) in [4.78, 5) is 3.98. The Labute approximate surface area is 117 Å². The zero-order valence-corrected chi connectivity index (χ0v) is 12.0. The van der Waals surface area contributed by atoms with E-state index < -0.39 is 15.8 Å². The van der Waals surface area contributed by atoms with Crippen molar-refractivity contribution in [3.63, 3.8) is 0 Å². The molecule has 0 fully saturated rings. The highest BCUT2D eigenvalue weighted by molar-refractivity contribution is 7.89. The van der Waals surface area contributed by atoms with Crippen molar-refractivity contribution in [3.8, 4) is 0 Å². The Balaban J connectivity index is 2.32. The number of nitrogens with zero attached hydrogens (tertiary/aromatic N) is 2. The molecule has 2 aromatic rings. The van der Waals surface area contributed by atoms with Crippen LogP contribution in [0.1, 0.15) is 18.5 Å². The molecule has 0 saturated carbocycles. The zero-order valence-electron chi connectivity index (χ0n) is 11.2. The first-order chi connectivity index (χ1) is 9.43. The van der Waals surface area contributed by atoms with Gasteiger partial charge in [-0.15, -0.1) is 0 Å². The molecule has 2 rings (SSSR count). The van der Waals surface area contributed by atoms with E-state index in [1.165, 1.54) is 23.5 Å². The van der Waals surface area contributed by atoms with Gasteiger partial charge in [-0.25, -0.2) is 12.8 Å². The Bertz CT molecular complexity index is 672. The second-order valence-electron chi connectivity index (χ2n) is 4.43. The number of rotatable bonds is 4. The van der Waals surface area contributed by atoms with Crippen molar-refractivity contribution in [1.29, 1.82) is 0 Å². The molecule has 0 aliphatic heterocycles. The fourth-order valence-corrected chi connectivity index (χ4v) is 3.18. The molecular formula is C14H15FN2O2S. The van der Waals surface area contributed by atoms with E-state index in [1.54, 1.807) is 31.5 Å². The molecule has 0 aliphatic rings. The highest BCUT2D eigenvalue weighted by Crippen LogP contribution is 2.25. The molecule has 0 bridgehead atoms. The number of aromatic nitrogens is 1. The van der Waals surface area contributed by atoms with E-state index in [1.807, 2.05) is 0 Å². The van der Waals surface area contributed by atoms with E-state index in [2.05, 4.69) is 4.98 Å². The monoisotopic (exact) mass is 294 g/mol. The Kier molecular flexibility index (Phi) is 4.15. The van der Waals surface area contributed by atoms with Crippen molar-refractivity contribution in [2.24, 2.45) is 0 Å². The van der Waals surface area contributed by atoms with Gasteiger partial charge in [-0.05, 0) is 48.9 Å². The van der Waals surface area contributed by atoms with Crippen molar-refractivity contribution in [3.05, 3.63) is 60.2 Å². The maximum Gasteiger partial charge on any atom is 0.243 e. The van der Waals surface area contributed by atoms with Crippen LogP contribution in [-0.4, -0.2) is 24.8 Å². The summed E-state index contributed by atoms with van der Waals surface area (Å²) >= 11 is 0. The van der Waals surface area contributed by atoms with E-state index >= 15 is 0 Å². The zero-order chi connectivity index (χ0) is 14.8. The molecule has 1 aromatic carbocycles. The molecule has 0 spiro atoms. The molecule has 1 heterocycles. The minimum absolute atomic E-state index is 0.0716. The van der Waals surface area contributed by atoms with E-state index in [-0.39, 0.29) is 10.9 Å². The third-order valence-corrected chi connectivity index (χ3v) is 5.17. The van der Waals surface area contributed by atoms with Gasteiger partial charge >= 0.3 is 0 Å². The van der Waals surface area contributed by atoms with Crippen LogP contribution in [0.3, 0.4) is 0 Å². The summed E-state index contributed by atoms with van der Waals surface area (Å²) < 4.78 is 39.0. The van der Waals surface area contributed by atoms with Crippen molar-refractivity contribution < 1.29 is 12.8 Å². The Hall–Kier alpha value is -1.79. The predicted molar refractivity (Wildman–Crippen MR) is 74.0 cm³/mol. The molecule has 1 atom stereocenters. The van der Waals surface area contributed by atoms with Crippen molar-refractivity contribution in [2.75, 3.05) is 7.05 Å². The van der Waals surface area contributed by atoms with Crippen LogP contribution in [-0.2, 0) is 10.0 Å². The van der Waals surface area contributed by atoms with Gasteiger partial charge in [0.05, 0.1) is 4.90 Å².